The van der Waals surface area contributed by atoms with Gasteiger partial charge in [-0.15, -0.1) is 0 Å². The second-order valence-corrected chi connectivity index (χ2v) is 8.65. The number of ether oxygens (including phenoxy) is 1. The number of hydrogen-bond donors (Lipinski definition) is 4. The molecule has 30 heavy (non-hydrogen) atoms. The molecule has 1 spiro atoms. The average Bonchev–Trinajstić information content (AvgIpc) is 3.32. The fourth-order valence-electron chi connectivity index (χ4n) is 5.25. The van der Waals surface area contributed by atoms with Crippen molar-refractivity contribution >= 4 is 11.8 Å². The number of H-pyrrole nitrogens is 1. The van der Waals surface area contributed by atoms with Crippen LogP contribution < -0.4 is 20.5 Å². The smallest absolute Gasteiger partial charge is 0.504 e. The fraction of sp³-hybridized carbons (Fsp3) is 0.455. The van der Waals surface area contributed by atoms with E-state index >= 15 is 0 Å². The lowest BCUT2D eigenvalue weighted by Crippen LogP contribution is -2.29. The first-order valence-electron chi connectivity index (χ1n) is 10.4. The molecule has 8 nitrogen and oxygen atoms in total. The zero-order valence-corrected chi connectivity index (χ0v) is 16.7. The maximum atomic E-state index is 12.4. The van der Waals surface area contributed by atoms with Crippen molar-refractivity contribution in [3.05, 3.63) is 39.7 Å². The quantitative estimate of drug-likeness (QED) is 0.561. The van der Waals surface area contributed by atoms with Crippen LogP contribution in [0.3, 0.4) is 0 Å². The fourth-order valence-corrected chi connectivity index (χ4v) is 5.25. The number of fused-ring (bicyclic) bond motifs is 3. The molecule has 3 heterocycles. The van der Waals surface area contributed by atoms with Crippen LogP contribution in [0.4, 0.5) is 10.5 Å². The predicted molar refractivity (Wildman–Crippen MR) is 112 cm³/mol. The number of hydrogen-bond acceptors (Lipinski definition) is 6. The second-order valence-electron chi connectivity index (χ2n) is 8.65. The Balaban J connectivity index is 1.51. The minimum absolute atomic E-state index is 0.386. The number of benzene rings is 1. The monoisotopic (exact) mass is 411 g/mol. The predicted octanol–water partition coefficient (Wildman–Crippen LogP) is 2.48. The van der Waals surface area contributed by atoms with Gasteiger partial charge < -0.3 is 30.2 Å². The number of nitrogens with zero attached hydrogens (tertiary/aromatic N) is 1. The van der Waals surface area contributed by atoms with E-state index in [4.69, 9.17) is 5.11 Å². The normalized spacial score (nSPS) is 22.6. The molecule has 2 saturated heterocycles. The van der Waals surface area contributed by atoms with Crippen LogP contribution in [0.1, 0.15) is 30.4 Å². The molecule has 2 aromatic rings. The third kappa shape index (κ3) is 3.11. The standard InChI is InChI=1S/C22H25N3O5/c26-18-16-3-1-2-13-10-14(25-9-7-22(12-25)6-8-23-11-22)4-5-15(13)17(16)24-20(27)19(18)30-21(28)29/h4-5,10,23H,1-3,6-9,11-12H2,(H,28,29)(H2,24,26,27). The summed E-state index contributed by atoms with van der Waals surface area (Å²) in [5.74, 6) is -0.947. The first-order chi connectivity index (χ1) is 14.5. The van der Waals surface area contributed by atoms with Gasteiger partial charge in [0.25, 0.3) is 5.56 Å². The molecule has 1 atom stereocenters. The van der Waals surface area contributed by atoms with Crippen molar-refractivity contribution < 1.29 is 19.7 Å². The highest BCUT2D eigenvalue weighted by atomic mass is 16.7. The van der Waals surface area contributed by atoms with Crippen molar-refractivity contribution in [2.24, 2.45) is 5.41 Å². The maximum Gasteiger partial charge on any atom is 0.511 e. The minimum Gasteiger partial charge on any atom is -0.504 e. The molecule has 1 aromatic carbocycles. The summed E-state index contributed by atoms with van der Waals surface area (Å²) in [5.41, 5.74) is 3.90. The number of aromatic amines is 1. The summed E-state index contributed by atoms with van der Waals surface area (Å²) in [6.07, 6.45) is 2.92. The van der Waals surface area contributed by atoms with Gasteiger partial charge in [0.1, 0.15) is 0 Å². The largest absolute Gasteiger partial charge is 0.511 e. The van der Waals surface area contributed by atoms with Gasteiger partial charge >= 0.3 is 6.16 Å². The van der Waals surface area contributed by atoms with E-state index in [2.05, 4.69) is 32.1 Å². The number of pyridine rings is 1. The van der Waals surface area contributed by atoms with Crippen LogP contribution in [0.2, 0.25) is 0 Å². The Hall–Kier alpha value is -3.00. The summed E-state index contributed by atoms with van der Waals surface area (Å²) in [6.45, 7) is 4.29. The van der Waals surface area contributed by atoms with Gasteiger partial charge in [-0.25, -0.2) is 4.79 Å². The number of rotatable bonds is 2. The third-order valence-electron chi connectivity index (χ3n) is 6.80. The first-order valence-corrected chi connectivity index (χ1v) is 10.4. The summed E-state index contributed by atoms with van der Waals surface area (Å²) >= 11 is 0. The molecule has 8 heteroatoms. The first kappa shape index (κ1) is 19.0. The van der Waals surface area contributed by atoms with E-state index in [0.717, 1.165) is 50.1 Å². The Labute approximate surface area is 173 Å². The molecule has 0 radical (unpaired) electrons. The maximum absolute atomic E-state index is 12.4. The number of aromatic nitrogens is 1. The zero-order chi connectivity index (χ0) is 20.9. The van der Waals surface area contributed by atoms with Gasteiger partial charge in [-0.2, -0.15) is 0 Å². The highest BCUT2D eigenvalue weighted by Gasteiger charge is 2.40. The van der Waals surface area contributed by atoms with E-state index in [1.165, 1.54) is 18.5 Å². The molecular formula is C22H25N3O5. The Kier molecular flexibility index (Phi) is 4.47. The number of anilines is 1. The van der Waals surface area contributed by atoms with Crippen LogP contribution in [0.15, 0.2) is 23.0 Å². The molecule has 2 aliphatic heterocycles. The minimum atomic E-state index is -1.63. The molecule has 0 saturated carbocycles. The number of carboxylic acid groups (broad SMARTS) is 1. The van der Waals surface area contributed by atoms with Gasteiger partial charge in [-0.05, 0) is 56.3 Å². The second kappa shape index (κ2) is 7.05. The molecule has 5 rings (SSSR count). The SMILES string of the molecule is O=C(O)Oc1c(O)c2c([nH]c1=O)-c1ccc(N3CCC4(CCNC4)C3)cc1CCC2. The number of nitrogens with one attached hydrogen (secondary N) is 2. The highest BCUT2D eigenvalue weighted by Crippen LogP contribution is 2.42. The molecule has 0 amide bonds. The molecule has 4 N–H and O–H groups in total. The summed E-state index contributed by atoms with van der Waals surface area (Å²) in [6, 6.07) is 6.27. The molecular weight excluding hydrogens is 386 g/mol. The summed E-state index contributed by atoms with van der Waals surface area (Å²) in [5, 5.41) is 22.9. The Morgan fingerprint density at radius 2 is 2.10 bits per heavy atom. The van der Waals surface area contributed by atoms with Crippen molar-refractivity contribution in [2.75, 3.05) is 31.1 Å². The lowest BCUT2D eigenvalue weighted by atomic mass is 9.86. The van der Waals surface area contributed by atoms with Crippen LogP contribution in [-0.4, -0.2) is 47.5 Å². The summed E-state index contributed by atoms with van der Waals surface area (Å²) < 4.78 is 4.51. The molecule has 3 aliphatic rings. The van der Waals surface area contributed by atoms with E-state index in [9.17, 15) is 14.7 Å². The van der Waals surface area contributed by atoms with E-state index in [-0.39, 0.29) is 5.75 Å². The van der Waals surface area contributed by atoms with Gasteiger partial charge in [0.05, 0.1) is 5.69 Å². The zero-order valence-electron chi connectivity index (χ0n) is 16.7. The summed E-state index contributed by atoms with van der Waals surface area (Å²) in [7, 11) is 0. The number of aromatic hydroxyl groups is 1. The van der Waals surface area contributed by atoms with Crippen LogP contribution >= 0.6 is 0 Å². The molecule has 0 bridgehead atoms. The van der Waals surface area contributed by atoms with E-state index in [1.54, 1.807) is 0 Å². The van der Waals surface area contributed by atoms with E-state index in [0.29, 0.717) is 23.1 Å². The van der Waals surface area contributed by atoms with Gasteiger partial charge in [0, 0.05) is 41.9 Å². The van der Waals surface area contributed by atoms with Crippen molar-refractivity contribution in [1.29, 1.82) is 0 Å². The van der Waals surface area contributed by atoms with Crippen molar-refractivity contribution in [2.45, 2.75) is 32.1 Å². The lowest BCUT2D eigenvalue weighted by Gasteiger charge is -2.25. The van der Waals surface area contributed by atoms with Crippen molar-refractivity contribution in [3.8, 4) is 22.8 Å². The summed E-state index contributed by atoms with van der Waals surface area (Å²) in [4.78, 5) is 28.4. The van der Waals surface area contributed by atoms with Gasteiger partial charge in [-0.3, -0.25) is 4.79 Å². The van der Waals surface area contributed by atoms with Crippen LogP contribution in [0.25, 0.3) is 11.3 Å². The highest BCUT2D eigenvalue weighted by molar-refractivity contribution is 5.75. The molecule has 2 fully saturated rings. The van der Waals surface area contributed by atoms with Crippen LogP contribution in [0.5, 0.6) is 11.5 Å². The topological polar surface area (TPSA) is 115 Å². The molecule has 1 unspecified atom stereocenters. The van der Waals surface area contributed by atoms with Crippen molar-refractivity contribution in [1.82, 2.24) is 10.3 Å². The molecule has 1 aliphatic carbocycles. The van der Waals surface area contributed by atoms with Crippen LogP contribution in [0, 0.1) is 5.41 Å². The Bertz CT molecular complexity index is 1070. The van der Waals surface area contributed by atoms with Crippen LogP contribution in [-0.2, 0) is 12.8 Å². The van der Waals surface area contributed by atoms with E-state index < -0.39 is 17.5 Å². The molecule has 1 aromatic heterocycles. The van der Waals surface area contributed by atoms with Crippen molar-refractivity contribution in [3.63, 3.8) is 0 Å². The lowest BCUT2D eigenvalue weighted by molar-refractivity contribution is 0.142. The third-order valence-corrected chi connectivity index (χ3v) is 6.80. The van der Waals surface area contributed by atoms with Gasteiger partial charge in [-0.1, -0.05) is 6.07 Å². The van der Waals surface area contributed by atoms with Gasteiger partial charge in [0.2, 0.25) is 5.75 Å². The number of carbonyl (C=O) groups is 1. The Morgan fingerprint density at radius 3 is 2.87 bits per heavy atom. The average molecular weight is 411 g/mol. The van der Waals surface area contributed by atoms with E-state index in [1.807, 2.05) is 6.07 Å². The Morgan fingerprint density at radius 1 is 1.23 bits per heavy atom. The number of aryl methyl sites for hydroxylation is 1. The van der Waals surface area contributed by atoms with Gasteiger partial charge in [0.15, 0.2) is 5.75 Å². The molecule has 158 valence electrons.